The van der Waals surface area contributed by atoms with Gasteiger partial charge in [-0.05, 0) is 17.7 Å². The maximum absolute atomic E-state index is 12.8. The molecule has 2 aromatic heterocycles. The first-order valence-electron chi connectivity index (χ1n) is 5.85. The number of rotatable bonds is 3. The second kappa shape index (κ2) is 4.97. The first-order chi connectivity index (χ1) is 9.67. The van der Waals surface area contributed by atoms with Gasteiger partial charge >= 0.3 is 0 Å². The fourth-order valence-corrected chi connectivity index (χ4v) is 2.44. The Morgan fingerprint density at radius 1 is 1.30 bits per heavy atom. The molecule has 0 saturated carbocycles. The zero-order chi connectivity index (χ0) is 14.1. The van der Waals surface area contributed by atoms with E-state index < -0.39 is 0 Å². The van der Waals surface area contributed by atoms with Crippen molar-refractivity contribution in [1.29, 1.82) is 0 Å². The quantitative estimate of drug-likeness (QED) is 0.788. The van der Waals surface area contributed by atoms with Gasteiger partial charge in [0.25, 0.3) is 5.56 Å². The summed E-state index contributed by atoms with van der Waals surface area (Å²) in [7, 11) is 1.72. The second-order valence-electron chi connectivity index (χ2n) is 4.11. The van der Waals surface area contributed by atoms with Crippen LogP contribution in [0.1, 0.15) is 11.3 Å². The van der Waals surface area contributed by atoms with Crippen molar-refractivity contribution in [1.82, 2.24) is 19.8 Å². The summed E-state index contributed by atoms with van der Waals surface area (Å²) in [6.45, 7) is 0. The minimum absolute atomic E-state index is 0.280. The van der Waals surface area contributed by atoms with Crippen LogP contribution >= 0.6 is 11.3 Å². The van der Waals surface area contributed by atoms with E-state index in [1.165, 1.54) is 28.0 Å². The van der Waals surface area contributed by atoms with Crippen molar-refractivity contribution in [2.45, 2.75) is 6.42 Å². The molecule has 0 saturated heterocycles. The van der Waals surface area contributed by atoms with Crippen LogP contribution in [0.5, 0.6) is 0 Å². The summed E-state index contributed by atoms with van der Waals surface area (Å²) in [6, 6.07) is 5.93. The third kappa shape index (κ3) is 2.25. The Bertz CT molecular complexity index is 811. The van der Waals surface area contributed by atoms with E-state index in [9.17, 15) is 9.18 Å². The van der Waals surface area contributed by atoms with Crippen molar-refractivity contribution in [3.8, 4) is 0 Å². The minimum atomic E-state index is -0.315. The van der Waals surface area contributed by atoms with Crippen molar-refractivity contribution in [3.05, 3.63) is 51.7 Å². The third-order valence-corrected chi connectivity index (χ3v) is 3.67. The van der Waals surface area contributed by atoms with Gasteiger partial charge in [-0.15, -0.1) is 15.3 Å². The highest BCUT2D eigenvalue weighted by molar-refractivity contribution is 7.20. The maximum Gasteiger partial charge on any atom is 0.297 e. The van der Waals surface area contributed by atoms with Crippen molar-refractivity contribution < 1.29 is 4.39 Å². The van der Waals surface area contributed by atoms with Crippen LogP contribution in [0, 0.1) is 5.82 Å². The summed E-state index contributed by atoms with van der Waals surface area (Å²) >= 11 is 1.25. The number of hydrogen-bond acceptors (Lipinski definition) is 6. The number of halogens is 1. The number of nitrogens with zero attached hydrogens (tertiary/aromatic N) is 4. The Labute approximate surface area is 116 Å². The Morgan fingerprint density at radius 3 is 2.75 bits per heavy atom. The van der Waals surface area contributed by atoms with Gasteiger partial charge in [0.2, 0.25) is 10.1 Å². The lowest BCUT2D eigenvalue weighted by molar-refractivity contribution is 0.627. The molecule has 3 aromatic rings. The molecule has 1 aromatic carbocycles. The van der Waals surface area contributed by atoms with Gasteiger partial charge in [0.05, 0.1) is 0 Å². The van der Waals surface area contributed by atoms with Crippen molar-refractivity contribution >= 4 is 21.4 Å². The van der Waals surface area contributed by atoms with E-state index in [1.54, 1.807) is 19.2 Å². The Hall–Kier alpha value is -2.35. The molecule has 0 aliphatic rings. The predicted molar refractivity (Wildman–Crippen MR) is 73.7 cm³/mol. The Morgan fingerprint density at radius 2 is 2.05 bits per heavy atom. The molecule has 102 valence electrons. The molecule has 0 aliphatic carbocycles. The number of fused-ring (bicyclic) bond motifs is 1. The molecule has 0 spiro atoms. The predicted octanol–water partition coefficient (Wildman–Crippen LogP) is 1.32. The van der Waals surface area contributed by atoms with Gasteiger partial charge < -0.3 is 5.32 Å². The van der Waals surface area contributed by atoms with Crippen LogP contribution < -0.4 is 10.9 Å². The number of benzene rings is 1. The lowest BCUT2D eigenvalue weighted by Crippen LogP contribution is -2.22. The highest BCUT2D eigenvalue weighted by Gasteiger charge is 2.11. The molecule has 0 radical (unpaired) electrons. The Kier molecular flexibility index (Phi) is 3.15. The smallest absolute Gasteiger partial charge is 0.297 e. The monoisotopic (exact) mass is 291 g/mol. The summed E-state index contributed by atoms with van der Waals surface area (Å²) in [5, 5.41) is 15.5. The van der Waals surface area contributed by atoms with E-state index in [1.807, 2.05) is 0 Å². The van der Waals surface area contributed by atoms with Crippen LogP contribution in [-0.4, -0.2) is 26.9 Å². The highest BCUT2D eigenvalue weighted by Crippen LogP contribution is 2.15. The standard InChI is InChI=1S/C12H10FN5OS/c1-14-11-17-18-10(19)9(15-16-12(18)20-11)6-7-2-4-8(13)5-3-7/h2-5H,6H2,1H3,(H,14,17). The second-order valence-corrected chi connectivity index (χ2v) is 5.06. The van der Waals surface area contributed by atoms with Crippen LogP contribution in [0.15, 0.2) is 29.1 Å². The maximum atomic E-state index is 12.8. The SMILES string of the molecule is CNc1nn2c(=O)c(Cc3ccc(F)cc3)nnc2s1. The van der Waals surface area contributed by atoms with Gasteiger partial charge in [-0.25, -0.2) is 4.39 Å². The van der Waals surface area contributed by atoms with Gasteiger partial charge in [0.1, 0.15) is 11.5 Å². The molecular formula is C12H10FN5OS. The van der Waals surface area contributed by atoms with Gasteiger partial charge in [-0.3, -0.25) is 4.79 Å². The van der Waals surface area contributed by atoms with E-state index >= 15 is 0 Å². The fraction of sp³-hybridized carbons (Fsp3) is 0.167. The van der Waals surface area contributed by atoms with Gasteiger partial charge in [0.15, 0.2) is 0 Å². The molecule has 0 bridgehead atoms. The highest BCUT2D eigenvalue weighted by atomic mass is 32.1. The first kappa shape index (κ1) is 12.7. The first-order valence-corrected chi connectivity index (χ1v) is 6.66. The zero-order valence-corrected chi connectivity index (χ0v) is 11.3. The topological polar surface area (TPSA) is 72.2 Å². The average Bonchev–Trinajstić information content (AvgIpc) is 2.88. The largest absolute Gasteiger partial charge is 0.363 e. The molecule has 0 unspecified atom stereocenters. The number of aromatic nitrogens is 4. The van der Waals surface area contributed by atoms with E-state index in [4.69, 9.17) is 0 Å². The minimum Gasteiger partial charge on any atom is -0.363 e. The number of nitrogens with one attached hydrogen (secondary N) is 1. The van der Waals surface area contributed by atoms with Crippen LogP contribution in [0.4, 0.5) is 9.52 Å². The van der Waals surface area contributed by atoms with E-state index in [0.717, 1.165) is 5.56 Å². The lowest BCUT2D eigenvalue weighted by atomic mass is 10.1. The summed E-state index contributed by atoms with van der Waals surface area (Å²) in [5.74, 6) is -0.315. The van der Waals surface area contributed by atoms with Gasteiger partial charge in [-0.2, -0.15) is 4.52 Å². The molecule has 8 heteroatoms. The summed E-state index contributed by atoms with van der Waals surface area (Å²) in [4.78, 5) is 12.7. The average molecular weight is 291 g/mol. The van der Waals surface area contributed by atoms with Gasteiger partial charge in [-0.1, -0.05) is 23.5 Å². The van der Waals surface area contributed by atoms with Gasteiger partial charge in [0, 0.05) is 13.5 Å². The van der Waals surface area contributed by atoms with Crippen LogP contribution in [0.25, 0.3) is 4.96 Å². The van der Waals surface area contributed by atoms with E-state index in [0.29, 0.717) is 16.5 Å². The number of anilines is 1. The molecule has 3 rings (SSSR count). The molecule has 0 amide bonds. The summed E-state index contributed by atoms with van der Waals surface area (Å²) in [5.41, 5.74) is 0.765. The summed E-state index contributed by atoms with van der Waals surface area (Å²) in [6.07, 6.45) is 0.293. The number of hydrogen-bond donors (Lipinski definition) is 1. The molecule has 0 aliphatic heterocycles. The normalized spacial score (nSPS) is 10.9. The van der Waals surface area contributed by atoms with Crippen LogP contribution in [0.3, 0.4) is 0 Å². The molecule has 20 heavy (non-hydrogen) atoms. The molecule has 2 heterocycles. The van der Waals surface area contributed by atoms with Crippen LogP contribution in [0.2, 0.25) is 0 Å². The zero-order valence-electron chi connectivity index (χ0n) is 10.5. The van der Waals surface area contributed by atoms with Crippen LogP contribution in [-0.2, 0) is 6.42 Å². The molecule has 0 atom stereocenters. The van der Waals surface area contributed by atoms with Crippen molar-refractivity contribution in [2.24, 2.45) is 0 Å². The summed E-state index contributed by atoms with van der Waals surface area (Å²) < 4.78 is 14.1. The Balaban J connectivity index is 2.01. The third-order valence-electron chi connectivity index (χ3n) is 2.75. The van der Waals surface area contributed by atoms with E-state index in [2.05, 4.69) is 20.6 Å². The van der Waals surface area contributed by atoms with E-state index in [-0.39, 0.29) is 17.1 Å². The molecule has 1 N–H and O–H groups in total. The molecule has 0 fully saturated rings. The molecular weight excluding hydrogens is 281 g/mol. The van der Waals surface area contributed by atoms with Crippen molar-refractivity contribution in [2.75, 3.05) is 12.4 Å². The fourth-order valence-electron chi connectivity index (χ4n) is 1.75. The lowest BCUT2D eigenvalue weighted by Gasteiger charge is -1.99. The van der Waals surface area contributed by atoms with Crippen molar-refractivity contribution in [3.63, 3.8) is 0 Å². The molecule has 6 nitrogen and oxygen atoms in total.